The van der Waals surface area contributed by atoms with Gasteiger partial charge in [-0.3, -0.25) is 9.48 Å². The normalized spacial score (nSPS) is 11.8. The summed E-state index contributed by atoms with van der Waals surface area (Å²) in [5.41, 5.74) is -1.31. The van der Waals surface area contributed by atoms with Crippen LogP contribution in [0.25, 0.3) is 4.96 Å². The third kappa shape index (κ3) is 2.76. The van der Waals surface area contributed by atoms with E-state index in [9.17, 15) is 18.0 Å². The van der Waals surface area contributed by atoms with Crippen LogP contribution >= 0.6 is 22.9 Å². The largest absolute Gasteiger partial charge is 0.433 e. The molecule has 0 saturated heterocycles. The fourth-order valence-corrected chi connectivity index (χ4v) is 3.36. The first-order valence-electron chi connectivity index (χ1n) is 6.43. The predicted octanol–water partition coefficient (Wildman–Crippen LogP) is 2.85. The number of alkyl halides is 3. The summed E-state index contributed by atoms with van der Waals surface area (Å²) in [7, 11) is 0. The maximum atomic E-state index is 13.0. The third-order valence-electron chi connectivity index (χ3n) is 3.20. The standard InChI is InChI=1S/C13H7ClF3N5OS/c1-6-8(4-18)22-11(23)2-7(19-12(22)24-6)5-21-9(13(15,16)17)3-10(14)20-21/h2-3H,5H2,1H3. The van der Waals surface area contributed by atoms with Crippen LogP contribution in [-0.2, 0) is 12.7 Å². The topological polar surface area (TPSA) is 76.0 Å². The molecule has 0 bridgehead atoms. The first-order chi connectivity index (χ1) is 11.2. The minimum atomic E-state index is -4.63. The molecule has 0 aliphatic heterocycles. The zero-order valence-corrected chi connectivity index (χ0v) is 13.5. The Balaban J connectivity index is 2.10. The lowest BCUT2D eigenvalue weighted by Crippen LogP contribution is -2.19. The van der Waals surface area contributed by atoms with Gasteiger partial charge in [-0.15, -0.1) is 11.3 Å². The molecule has 0 aliphatic rings. The van der Waals surface area contributed by atoms with E-state index in [1.807, 2.05) is 6.07 Å². The lowest BCUT2D eigenvalue weighted by Gasteiger charge is -2.09. The molecule has 11 heteroatoms. The van der Waals surface area contributed by atoms with Gasteiger partial charge in [0.25, 0.3) is 5.56 Å². The van der Waals surface area contributed by atoms with Gasteiger partial charge < -0.3 is 0 Å². The number of rotatable bonds is 2. The van der Waals surface area contributed by atoms with Crippen LogP contribution < -0.4 is 5.56 Å². The number of nitriles is 1. The lowest BCUT2D eigenvalue weighted by molar-refractivity contribution is -0.144. The van der Waals surface area contributed by atoms with E-state index in [-0.39, 0.29) is 28.0 Å². The zero-order valence-electron chi connectivity index (χ0n) is 11.9. The van der Waals surface area contributed by atoms with Crippen molar-refractivity contribution in [2.75, 3.05) is 0 Å². The second kappa shape index (κ2) is 5.61. The van der Waals surface area contributed by atoms with Crippen LogP contribution in [0.3, 0.4) is 0 Å². The van der Waals surface area contributed by atoms with Gasteiger partial charge in [-0.05, 0) is 6.92 Å². The van der Waals surface area contributed by atoms with Gasteiger partial charge in [-0.2, -0.15) is 23.5 Å². The van der Waals surface area contributed by atoms with Crippen LogP contribution in [0.2, 0.25) is 5.15 Å². The van der Waals surface area contributed by atoms with Crippen molar-refractivity contribution in [2.45, 2.75) is 19.6 Å². The van der Waals surface area contributed by atoms with Crippen LogP contribution in [0.15, 0.2) is 16.9 Å². The molecule has 3 rings (SSSR count). The molecule has 3 heterocycles. The number of thiazole rings is 1. The van der Waals surface area contributed by atoms with Gasteiger partial charge >= 0.3 is 6.18 Å². The second-order valence-corrected chi connectivity index (χ2v) is 6.40. The van der Waals surface area contributed by atoms with E-state index in [1.54, 1.807) is 6.92 Å². The Morgan fingerprint density at radius 3 is 2.75 bits per heavy atom. The molecule has 24 heavy (non-hydrogen) atoms. The minimum absolute atomic E-state index is 0.0935. The predicted molar refractivity (Wildman–Crippen MR) is 80.1 cm³/mol. The summed E-state index contributed by atoms with van der Waals surface area (Å²) >= 11 is 6.66. The van der Waals surface area contributed by atoms with Gasteiger partial charge in [0.1, 0.15) is 17.5 Å². The summed E-state index contributed by atoms with van der Waals surface area (Å²) in [6.07, 6.45) is -4.63. The number of nitrogens with zero attached hydrogens (tertiary/aromatic N) is 5. The molecule has 0 N–H and O–H groups in total. The van der Waals surface area contributed by atoms with Crippen molar-refractivity contribution in [1.82, 2.24) is 19.2 Å². The van der Waals surface area contributed by atoms with E-state index >= 15 is 0 Å². The van der Waals surface area contributed by atoms with E-state index in [0.717, 1.165) is 21.8 Å². The minimum Gasteiger partial charge on any atom is -0.269 e. The molecular weight excluding hydrogens is 367 g/mol. The van der Waals surface area contributed by atoms with Crippen molar-refractivity contribution < 1.29 is 13.2 Å². The highest BCUT2D eigenvalue weighted by atomic mass is 35.5. The molecule has 3 aromatic heterocycles. The molecule has 6 nitrogen and oxygen atoms in total. The summed E-state index contributed by atoms with van der Waals surface area (Å²) < 4.78 is 40.7. The molecule has 0 radical (unpaired) electrons. The van der Waals surface area contributed by atoms with Gasteiger partial charge in [0, 0.05) is 17.0 Å². The van der Waals surface area contributed by atoms with E-state index in [4.69, 9.17) is 16.9 Å². The second-order valence-electron chi connectivity index (χ2n) is 4.83. The Morgan fingerprint density at radius 1 is 1.42 bits per heavy atom. The fourth-order valence-electron chi connectivity index (χ4n) is 2.22. The number of hydrogen-bond donors (Lipinski definition) is 0. The van der Waals surface area contributed by atoms with Crippen molar-refractivity contribution in [3.63, 3.8) is 0 Å². The fraction of sp³-hybridized carbons (Fsp3) is 0.231. The summed E-state index contributed by atoms with van der Waals surface area (Å²) in [5, 5.41) is 12.4. The molecule has 0 spiro atoms. The van der Waals surface area contributed by atoms with Crippen molar-refractivity contribution in [3.8, 4) is 6.07 Å². The van der Waals surface area contributed by atoms with Gasteiger partial charge in [-0.1, -0.05) is 11.6 Å². The van der Waals surface area contributed by atoms with Gasteiger partial charge in [0.2, 0.25) is 0 Å². The average molecular weight is 374 g/mol. The molecular formula is C13H7ClF3N5OS. The first-order valence-corrected chi connectivity index (χ1v) is 7.63. The molecule has 3 aromatic rings. The van der Waals surface area contributed by atoms with E-state index in [1.165, 1.54) is 0 Å². The van der Waals surface area contributed by atoms with Crippen LogP contribution in [0.5, 0.6) is 0 Å². The average Bonchev–Trinajstić information content (AvgIpc) is 2.98. The van der Waals surface area contributed by atoms with Crippen LogP contribution in [0, 0.1) is 18.3 Å². The lowest BCUT2D eigenvalue weighted by atomic mass is 10.3. The Kier molecular flexibility index (Phi) is 3.85. The summed E-state index contributed by atoms with van der Waals surface area (Å²) in [4.78, 5) is 17.2. The highest BCUT2D eigenvalue weighted by Crippen LogP contribution is 2.31. The number of aryl methyl sites for hydroxylation is 1. The highest BCUT2D eigenvalue weighted by Gasteiger charge is 2.35. The Labute approximate surface area is 141 Å². The van der Waals surface area contributed by atoms with Crippen molar-refractivity contribution >= 4 is 27.9 Å². The molecule has 124 valence electrons. The summed E-state index contributed by atoms with van der Waals surface area (Å²) in [6.45, 7) is 1.29. The van der Waals surface area contributed by atoms with Crippen molar-refractivity contribution in [1.29, 1.82) is 5.26 Å². The first kappa shape index (κ1) is 16.5. The van der Waals surface area contributed by atoms with Crippen molar-refractivity contribution in [3.05, 3.63) is 49.6 Å². The Bertz CT molecular complexity index is 1040. The molecule has 0 aromatic carbocycles. The Hall–Kier alpha value is -2.38. The molecule has 0 amide bonds. The quantitative estimate of drug-likeness (QED) is 0.692. The number of hydrogen-bond acceptors (Lipinski definition) is 5. The van der Waals surface area contributed by atoms with E-state index in [2.05, 4.69) is 10.1 Å². The van der Waals surface area contributed by atoms with Gasteiger partial charge in [0.15, 0.2) is 10.1 Å². The summed E-state index contributed by atoms with van der Waals surface area (Å²) in [5.74, 6) is 0. The zero-order chi connectivity index (χ0) is 17.6. The number of halogens is 4. The molecule has 0 fully saturated rings. The summed E-state index contributed by atoms with van der Waals surface area (Å²) in [6, 6.07) is 3.69. The van der Waals surface area contributed by atoms with E-state index < -0.39 is 17.4 Å². The highest BCUT2D eigenvalue weighted by molar-refractivity contribution is 7.17. The monoisotopic (exact) mass is 373 g/mol. The number of fused-ring (bicyclic) bond motifs is 1. The third-order valence-corrected chi connectivity index (χ3v) is 4.34. The number of aromatic nitrogens is 4. The van der Waals surface area contributed by atoms with Gasteiger partial charge in [0.05, 0.1) is 12.2 Å². The smallest absolute Gasteiger partial charge is 0.269 e. The van der Waals surface area contributed by atoms with Gasteiger partial charge in [-0.25, -0.2) is 9.38 Å². The van der Waals surface area contributed by atoms with E-state index in [0.29, 0.717) is 15.6 Å². The molecule has 0 unspecified atom stereocenters. The van der Waals surface area contributed by atoms with Crippen LogP contribution in [0.1, 0.15) is 22.0 Å². The maximum Gasteiger partial charge on any atom is 0.433 e. The Morgan fingerprint density at radius 2 is 2.12 bits per heavy atom. The van der Waals surface area contributed by atoms with Crippen LogP contribution in [0.4, 0.5) is 13.2 Å². The maximum absolute atomic E-state index is 13.0. The van der Waals surface area contributed by atoms with Crippen molar-refractivity contribution in [2.24, 2.45) is 0 Å². The molecule has 0 atom stereocenters. The van der Waals surface area contributed by atoms with Crippen LogP contribution in [-0.4, -0.2) is 19.2 Å². The molecule has 0 aliphatic carbocycles. The molecule has 0 saturated carbocycles. The SMILES string of the molecule is Cc1sc2nc(Cn3nc(Cl)cc3C(F)(F)F)cc(=O)n2c1C#N.